The summed E-state index contributed by atoms with van der Waals surface area (Å²) in [6.45, 7) is 3.69. The maximum absolute atomic E-state index is 14.0. The maximum atomic E-state index is 14.0. The lowest BCUT2D eigenvalue weighted by atomic mass is 9.94. The van der Waals surface area contributed by atoms with Crippen LogP contribution >= 0.6 is 22.9 Å². The number of hydrogen-bond donors (Lipinski definition) is 1. The van der Waals surface area contributed by atoms with Crippen LogP contribution in [0.5, 0.6) is 0 Å². The number of aryl methyl sites for hydroxylation is 2. The number of aromatic nitrogens is 2. The van der Waals surface area contributed by atoms with Gasteiger partial charge in [-0.3, -0.25) is 19.5 Å². The minimum atomic E-state index is -0.963. The Labute approximate surface area is 203 Å². The van der Waals surface area contributed by atoms with Crippen LogP contribution in [0.1, 0.15) is 28.3 Å². The number of halogens is 2. The first-order chi connectivity index (χ1) is 16.3. The quantitative estimate of drug-likeness (QED) is 0.224. The first kappa shape index (κ1) is 22.2. The molecule has 170 valence electrons. The third-order valence-electron chi connectivity index (χ3n) is 5.72. The third-order valence-corrected chi connectivity index (χ3v) is 7.03. The predicted molar refractivity (Wildman–Crippen MR) is 130 cm³/mol. The van der Waals surface area contributed by atoms with Gasteiger partial charge in [0.05, 0.1) is 26.9 Å². The first-order valence-electron chi connectivity index (χ1n) is 10.3. The maximum Gasteiger partial charge on any atom is 0.301 e. The minimum absolute atomic E-state index is 0.0600. The lowest BCUT2D eigenvalue weighted by molar-refractivity contribution is -0.132. The molecule has 1 aliphatic heterocycles. The fraction of sp³-hybridized carbons (Fsp3) is 0.120. The van der Waals surface area contributed by atoms with Gasteiger partial charge < -0.3 is 5.11 Å². The van der Waals surface area contributed by atoms with Crippen molar-refractivity contribution in [3.63, 3.8) is 0 Å². The van der Waals surface area contributed by atoms with Gasteiger partial charge in [-0.15, -0.1) is 0 Å². The topological polar surface area (TPSA) is 83.4 Å². The molecule has 0 spiro atoms. The number of carbonyl (C=O) groups excluding carboxylic acids is 2. The first-order valence-corrected chi connectivity index (χ1v) is 11.5. The third kappa shape index (κ3) is 3.55. The molecule has 0 saturated carbocycles. The highest BCUT2D eigenvalue weighted by atomic mass is 35.5. The summed E-state index contributed by atoms with van der Waals surface area (Å²) in [5, 5.41) is 11.4. The van der Waals surface area contributed by atoms with Crippen molar-refractivity contribution in [3.8, 4) is 0 Å². The van der Waals surface area contributed by atoms with Crippen molar-refractivity contribution < 1.29 is 19.1 Å². The molecule has 4 aromatic rings. The zero-order valence-electron chi connectivity index (χ0n) is 18.0. The molecule has 1 aliphatic rings. The molecule has 34 heavy (non-hydrogen) atoms. The Morgan fingerprint density at radius 2 is 1.97 bits per heavy atom. The van der Waals surface area contributed by atoms with Gasteiger partial charge in [0.1, 0.15) is 11.6 Å². The summed E-state index contributed by atoms with van der Waals surface area (Å²) in [5.41, 5.74) is 2.97. The Bertz CT molecular complexity index is 1480. The number of carbonyl (C=O) groups is 2. The molecule has 1 saturated heterocycles. The fourth-order valence-electron chi connectivity index (χ4n) is 4.03. The number of aliphatic hydroxyl groups excluding tert-OH is 1. The zero-order valence-corrected chi connectivity index (χ0v) is 19.6. The molecule has 1 atom stereocenters. The zero-order chi connectivity index (χ0) is 24.1. The number of Topliss-reactive ketones (excluding diaryl/α,β-unsaturated/α-hetero) is 1. The number of benzene rings is 2. The number of pyridine rings is 1. The van der Waals surface area contributed by atoms with Gasteiger partial charge in [0.25, 0.3) is 5.78 Å². The molecule has 3 heterocycles. The van der Waals surface area contributed by atoms with Gasteiger partial charge >= 0.3 is 5.91 Å². The minimum Gasteiger partial charge on any atom is -0.507 e. The van der Waals surface area contributed by atoms with Crippen LogP contribution in [-0.4, -0.2) is 26.8 Å². The SMILES string of the molecule is Cc1ccc(C)c(/C(O)=C2\C(=O)C(=O)N(c3nc4cc(Cl)c(F)cc4s3)C2c2cccnc2)c1. The van der Waals surface area contributed by atoms with Crippen molar-refractivity contribution in [2.75, 3.05) is 4.90 Å². The number of fused-ring (bicyclic) bond motifs is 1. The van der Waals surface area contributed by atoms with Gasteiger partial charge in [-0.1, -0.05) is 46.7 Å². The highest BCUT2D eigenvalue weighted by molar-refractivity contribution is 7.22. The van der Waals surface area contributed by atoms with Crippen LogP contribution in [0, 0.1) is 19.7 Å². The summed E-state index contributed by atoms with van der Waals surface area (Å²) < 4.78 is 14.5. The summed E-state index contributed by atoms with van der Waals surface area (Å²) in [6.07, 6.45) is 3.10. The van der Waals surface area contributed by atoms with E-state index in [1.54, 1.807) is 24.4 Å². The van der Waals surface area contributed by atoms with E-state index in [9.17, 15) is 19.1 Å². The van der Waals surface area contributed by atoms with E-state index >= 15 is 0 Å². The fourth-order valence-corrected chi connectivity index (χ4v) is 5.19. The summed E-state index contributed by atoms with van der Waals surface area (Å²) in [6, 6.07) is 10.6. The van der Waals surface area contributed by atoms with E-state index in [2.05, 4.69) is 9.97 Å². The van der Waals surface area contributed by atoms with Gasteiger partial charge in [-0.25, -0.2) is 9.37 Å². The number of nitrogens with zero attached hydrogens (tertiary/aromatic N) is 3. The van der Waals surface area contributed by atoms with Crippen LogP contribution < -0.4 is 4.90 Å². The Hall–Kier alpha value is -3.62. The van der Waals surface area contributed by atoms with Crippen LogP contribution in [0.25, 0.3) is 16.0 Å². The Morgan fingerprint density at radius 1 is 1.18 bits per heavy atom. The molecule has 0 aliphatic carbocycles. The normalized spacial score (nSPS) is 17.6. The van der Waals surface area contributed by atoms with E-state index in [1.165, 1.54) is 23.2 Å². The van der Waals surface area contributed by atoms with Crippen molar-refractivity contribution in [1.82, 2.24) is 9.97 Å². The van der Waals surface area contributed by atoms with E-state index in [4.69, 9.17) is 11.6 Å². The number of anilines is 1. The number of hydrogen-bond acceptors (Lipinski definition) is 6. The molecule has 0 radical (unpaired) electrons. The number of thiazole rings is 1. The molecule has 1 amide bonds. The Morgan fingerprint density at radius 3 is 2.71 bits per heavy atom. The Balaban J connectivity index is 1.75. The van der Waals surface area contributed by atoms with Crippen LogP contribution in [-0.2, 0) is 9.59 Å². The Kier molecular flexibility index (Phi) is 5.42. The van der Waals surface area contributed by atoms with E-state index < -0.39 is 23.5 Å². The van der Waals surface area contributed by atoms with Gasteiger partial charge in [0, 0.05) is 18.0 Å². The summed E-state index contributed by atoms with van der Waals surface area (Å²) >= 11 is 6.95. The monoisotopic (exact) mass is 493 g/mol. The summed E-state index contributed by atoms with van der Waals surface area (Å²) in [4.78, 5) is 36.4. The van der Waals surface area contributed by atoms with Crippen LogP contribution in [0.15, 0.2) is 60.4 Å². The molecule has 9 heteroatoms. The molecule has 5 rings (SSSR count). The molecule has 1 unspecified atom stereocenters. The molecular formula is C25H17ClFN3O3S. The van der Waals surface area contributed by atoms with Crippen LogP contribution in [0.3, 0.4) is 0 Å². The van der Waals surface area contributed by atoms with Gasteiger partial charge in [0.2, 0.25) is 0 Å². The van der Waals surface area contributed by atoms with E-state index in [0.29, 0.717) is 21.3 Å². The molecule has 1 N–H and O–H groups in total. The molecule has 1 fully saturated rings. The largest absolute Gasteiger partial charge is 0.507 e. The molecule has 0 bridgehead atoms. The van der Waals surface area contributed by atoms with E-state index in [0.717, 1.165) is 22.5 Å². The second kappa shape index (κ2) is 8.30. The standard InChI is InChI=1S/C25H17ClFN3O3S/c1-12-5-6-13(2)15(8-12)22(31)20-21(14-4-3-7-28-11-14)30(24(33)23(20)32)25-29-18-9-16(26)17(27)10-19(18)34-25/h3-11,21,31H,1-2H3/b22-20+. The molecular weight excluding hydrogens is 477 g/mol. The van der Waals surface area contributed by atoms with Crippen molar-refractivity contribution in [2.45, 2.75) is 19.9 Å². The average Bonchev–Trinajstić information content (AvgIpc) is 3.33. The lowest BCUT2D eigenvalue weighted by Gasteiger charge is -2.22. The second-order valence-corrected chi connectivity index (χ2v) is 9.42. The van der Waals surface area contributed by atoms with Gasteiger partial charge in [-0.05, 0) is 49.2 Å². The van der Waals surface area contributed by atoms with Gasteiger partial charge in [0.15, 0.2) is 5.13 Å². The van der Waals surface area contributed by atoms with Crippen molar-refractivity contribution in [1.29, 1.82) is 0 Å². The average molecular weight is 494 g/mol. The second-order valence-electron chi connectivity index (χ2n) is 8.00. The lowest BCUT2D eigenvalue weighted by Crippen LogP contribution is -2.29. The molecule has 6 nitrogen and oxygen atoms in total. The summed E-state index contributed by atoms with van der Waals surface area (Å²) in [5.74, 6) is -2.56. The smallest absolute Gasteiger partial charge is 0.301 e. The van der Waals surface area contributed by atoms with Crippen molar-refractivity contribution in [3.05, 3.63) is 93.5 Å². The van der Waals surface area contributed by atoms with E-state index in [1.807, 2.05) is 26.0 Å². The van der Waals surface area contributed by atoms with Crippen LogP contribution in [0.2, 0.25) is 5.02 Å². The molecule has 2 aromatic carbocycles. The number of rotatable bonds is 3. The van der Waals surface area contributed by atoms with Crippen molar-refractivity contribution >= 4 is 55.7 Å². The van der Waals surface area contributed by atoms with E-state index in [-0.39, 0.29) is 21.5 Å². The van der Waals surface area contributed by atoms with Crippen molar-refractivity contribution in [2.24, 2.45) is 0 Å². The van der Waals surface area contributed by atoms with Gasteiger partial charge in [-0.2, -0.15) is 0 Å². The highest BCUT2D eigenvalue weighted by Gasteiger charge is 2.48. The van der Waals surface area contributed by atoms with Crippen LogP contribution in [0.4, 0.5) is 9.52 Å². The predicted octanol–water partition coefficient (Wildman–Crippen LogP) is 5.73. The highest BCUT2D eigenvalue weighted by Crippen LogP contribution is 2.44. The number of aliphatic hydroxyl groups is 1. The number of ketones is 1. The number of amides is 1. The molecule has 2 aromatic heterocycles. The summed E-state index contributed by atoms with van der Waals surface area (Å²) in [7, 11) is 0.